The van der Waals surface area contributed by atoms with E-state index in [0.717, 1.165) is 23.2 Å². The van der Waals surface area contributed by atoms with Gasteiger partial charge in [0.1, 0.15) is 5.60 Å². The van der Waals surface area contributed by atoms with Crippen LogP contribution in [-0.4, -0.2) is 23.9 Å². The van der Waals surface area contributed by atoms with E-state index in [1.807, 2.05) is 39.0 Å². The van der Waals surface area contributed by atoms with E-state index in [4.69, 9.17) is 4.74 Å². The summed E-state index contributed by atoms with van der Waals surface area (Å²) in [5.74, 6) is 0.0517. The summed E-state index contributed by atoms with van der Waals surface area (Å²) in [6.45, 7) is 6.28. The largest absolute Gasteiger partial charge is 0.460 e. The second-order valence-electron chi connectivity index (χ2n) is 6.41. The number of esters is 1. The summed E-state index contributed by atoms with van der Waals surface area (Å²) in [4.78, 5) is 23.3. The Morgan fingerprint density at radius 2 is 2.05 bits per heavy atom. The average molecular weight is 289 g/mol. The molecule has 0 saturated heterocycles. The number of anilines is 1. The molecule has 0 aromatic heterocycles. The predicted octanol–water partition coefficient (Wildman–Crippen LogP) is 3.35. The van der Waals surface area contributed by atoms with Gasteiger partial charge in [0, 0.05) is 30.6 Å². The molecular formula is C17H23NO3. The van der Waals surface area contributed by atoms with Crippen LogP contribution in [0.1, 0.15) is 56.0 Å². The standard InChI is InChI=1S/C17H23NO3/c1-17(2,3)21-16(20)5-4-10-18-13-8-6-12-7-9-15(19)14(12)11-13/h6,8,11,18H,4-5,7,9-10H2,1-3H3. The number of hydrogen-bond acceptors (Lipinski definition) is 4. The molecule has 0 unspecified atom stereocenters. The Balaban J connectivity index is 1.76. The molecule has 0 aliphatic heterocycles. The van der Waals surface area contributed by atoms with Crippen LogP contribution in [0.3, 0.4) is 0 Å². The van der Waals surface area contributed by atoms with Crippen molar-refractivity contribution in [2.45, 2.75) is 52.1 Å². The number of hydrogen-bond donors (Lipinski definition) is 1. The molecule has 114 valence electrons. The van der Waals surface area contributed by atoms with Gasteiger partial charge < -0.3 is 10.1 Å². The highest BCUT2D eigenvalue weighted by Gasteiger charge is 2.19. The van der Waals surface area contributed by atoms with Crippen molar-refractivity contribution in [1.82, 2.24) is 0 Å². The Morgan fingerprint density at radius 3 is 2.76 bits per heavy atom. The number of Topliss-reactive ketones (excluding diaryl/α,β-unsaturated/α-hetero) is 1. The van der Waals surface area contributed by atoms with E-state index in [1.54, 1.807) is 0 Å². The van der Waals surface area contributed by atoms with Gasteiger partial charge in [0.05, 0.1) is 0 Å². The van der Waals surface area contributed by atoms with Gasteiger partial charge >= 0.3 is 5.97 Å². The van der Waals surface area contributed by atoms with Crippen LogP contribution in [0.2, 0.25) is 0 Å². The highest BCUT2D eigenvalue weighted by Crippen LogP contribution is 2.25. The molecule has 1 aliphatic carbocycles. The van der Waals surface area contributed by atoms with Gasteiger partial charge in [-0.3, -0.25) is 9.59 Å². The Labute approximate surface area is 125 Å². The van der Waals surface area contributed by atoms with Crippen LogP contribution in [0.5, 0.6) is 0 Å². The minimum absolute atomic E-state index is 0.173. The summed E-state index contributed by atoms with van der Waals surface area (Å²) in [5, 5.41) is 3.25. The lowest BCUT2D eigenvalue weighted by atomic mass is 10.1. The summed E-state index contributed by atoms with van der Waals surface area (Å²) < 4.78 is 5.25. The van der Waals surface area contributed by atoms with E-state index in [-0.39, 0.29) is 11.8 Å². The molecule has 1 aromatic carbocycles. The van der Waals surface area contributed by atoms with Crippen molar-refractivity contribution < 1.29 is 14.3 Å². The van der Waals surface area contributed by atoms with E-state index in [0.29, 0.717) is 25.8 Å². The molecule has 1 aromatic rings. The average Bonchev–Trinajstić information content (AvgIpc) is 2.74. The third kappa shape index (κ3) is 4.59. The number of carbonyl (C=O) groups is 2. The van der Waals surface area contributed by atoms with Crippen LogP contribution in [0, 0.1) is 0 Å². The second kappa shape index (κ2) is 6.29. The number of ether oxygens (including phenoxy) is 1. The van der Waals surface area contributed by atoms with E-state index in [9.17, 15) is 9.59 Å². The van der Waals surface area contributed by atoms with Crippen molar-refractivity contribution in [3.8, 4) is 0 Å². The Kier molecular flexibility index (Phi) is 4.66. The maximum Gasteiger partial charge on any atom is 0.306 e. The maximum absolute atomic E-state index is 11.7. The second-order valence-corrected chi connectivity index (χ2v) is 6.41. The molecule has 1 N–H and O–H groups in total. The fraction of sp³-hybridized carbons (Fsp3) is 0.529. The maximum atomic E-state index is 11.7. The molecule has 0 saturated carbocycles. The van der Waals surface area contributed by atoms with Crippen molar-refractivity contribution in [3.63, 3.8) is 0 Å². The van der Waals surface area contributed by atoms with Gasteiger partial charge in [0.15, 0.2) is 5.78 Å². The lowest BCUT2D eigenvalue weighted by Gasteiger charge is -2.19. The third-order valence-corrected chi connectivity index (χ3v) is 3.34. The number of ketones is 1. The Hall–Kier alpha value is -1.84. The van der Waals surface area contributed by atoms with E-state index < -0.39 is 5.60 Å². The number of fused-ring (bicyclic) bond motifs is 1. The molecule has 4 nitrogen and oxygen atoms in total. The fourth-order valence-corrected chi connectivity index (χ4v) is 2.40. The van der Waals surface area contributed by atoms with Gasteiger partial charge in [-0.15, -0.1) is 0 Å². The van der Waals surface area contributed by atoms with E-state index >= 15 is 0 Å². The summed E-state index contributed by atoms with van der Waals surface area (Å²) in [6, 6.07) is 5.92. The zero-order valence-electron chi connectivity index (χ0n) is 13.0. The van der Waals surface area contributed by atoms with Gasteiger partial charge in [-0.25, -0.2) is 0 Å². The molecule has 2 rings (SSSR count). The Bertz CT molecular complexity index is 543. The van der Waals surface area contributed by atoms with E-state index in [1.165, 1.54) is 0 Å². The SMILES string of the molecule is CC(C)(C)OC(=O)CCCNc1ccc2c(c1)C(=O)CC2. The molecule has 0 spiro atoms. The summed E-state index contributed by atoms with van der Waals surface area (Å²) in [5.41, 5.74) is 2.49. The molecule has 0 atom stereocenters. The third-order valence-electron chi connectivity index (χ3n) is 3.34. The van der Waals surface area contributed by atoms with Crippen LogP contribution in [-0.2, 0) is 16.0 Å². The fourth-order valence-electron chi connectivity index (χ4n) is 2.40. The Morgan fingerprint density at radius 1 is 1.29 bits per heavy atom. The highest BCUT2D eigenvalue weighted by atomic mass is 16.6. The highest BCUT2D eigenvalue weighted by molar-refractivity contribution is 6.01. The lowest BCUT2D eigenvalue weighted by molar-refractivity contribution is -0.154. The molecule has 4 heteroatoms. The van der Waals surface area contributed by atoms with Crippen molar-refractivity contribution >= 4 is 17.4 Å². The number of nitrogens with one attached hydrogen (secondary N) is 1. The molecular weight excluding hydrogens is 266 g/mol. The molecule has 0 radical (unpaired) electrons. The monoisotopic (exact) mass is 289 g/mol. The summed E-state index contributed by atoms with van der Waals surface area (Å²) in [6.07, 6.45) is 2.58. The van der Waals surface area contributed by atoms with Gasteiger partial charge in [-0.05, 0) is 51.3 Å². The van der Waals surface area contributed by atoms with Crippen LogP contribution < -0.4 is 5.32 Å². The predicted molar refractivity (Wildman–Crippen MR) is 82.7 cm³/mol. The number of aryl methyl sites for hydroxylation is 1. The first kappa shape index (κ1) is 15.5. The van der Waals surface area contributed by atoms with Gasteiger partial charge in [0.2, 0.25) is 0 Å². The van der Waals surface area contributed by atoms with Crippen LogP contribution in [0.25, 0.3) is 0 Å². The van der Waals surface area contributed by atoms with Crippen molar-refractivity contribution in [1.29, 1.82) is 0 Å². The van der Waals surface area contributed by atoms with Crippen molar-refractivity contribution in [2.24, 2.45) is 0 Å². The smallest absolute Gasteiger partial charge is 0.306 e. The van der Waals surface area contributed by atoms with Gasteiger partial charge in [-0.2, -0.15) is 0 Å². The first-order valence-electron chi connectivity index (χ1n) is 7.47. The van der Waals surface area contributed by atoms with Crippen molar-refractivity contribution in [3.05, 3.63) is 29.3 Å². The number of carbonyl (C=O) groups excluding carboxylic acids is 2. The zero-order chi connectivity index (χ0) is 15.5. The normalized spacial score (nSPS) is 14.0. The summed E-state index contributed by atoms with van der Waals surface area (Å²) >= 11 is 0. The first-order valence-corrected chi connectivity index (χ1v) is 7.47. The quantitative estimate of drug-likeness (QED) is 0.667. The topological polar surface area (TPSA) is 55.4 Å². The molecule has 21 heavy (non-hydrogen) atoms. The minimum Gasteiger partial charge on any atom is -0.460 e. The van der Waals surface area contributed by atoms with E-state index in [2.05, 4.69) is 5.32 Å². The van der Waals surface area contributed by atoms with Crippen LogP contribution in [0.15, 0.2) is 18.2 Å². The van der Waals surface area contributed by atoms with Gasteiger partial charge in [-0.1, -0.05) is 6.07 Å². The van der Waals surface area contributed by atoms with Crippen molar-refractivity contribution in [2.75, 3.05) is 11.9 Å². The van der Waals surface area contributed by atoms with Gasteiger partial charge in [0.25, 0.3) is 0 Å². The molecule has 0 bridgehead atoms. The molecule has 0 fully saturated rings. The molecule has 0 amide bonds. The lowest BCUT2D eigenvalue weighted by Crippen LogP contribution is -2.24. The zero-order valence-corrected chi connectivity index (χ0v) is 13.0. The molecule has 1 aliphatic rings. The number of rotatable bonds is 5. The van der Waals surface area contributed by atoms with Crippen LogP contribution >= 0.6 is 0 Å². The number of benzene rings is 1. The molecule has 0 heterocycles. The summed E-state index contributed by atoms with van der Waals surface area (Å²) in [7, 11) is 0. The first-order chi connectivity index (χ1) is 9.85. The van der Waals surface area contributed by atoms with Crippen LogP contribution in [0.4, 0.5) is 5.69 Å². The minimum atomic E-state index is -0.426.